The minimum atomic E-state index is -0.199. The fourth-order valence-electron chi connectivity index (χ4n) is 1.40. The third-order valence-electron chi connectivity index (χ3n) is 2.20. The van der Waals surface area contributed by atoms with Gasteiger partial charge in [-0.2, -0.15) is 0 Å². The molecule has 1 rings (SSSR count). The SMILES string of the molecule is COCC(C)NC(=O)/C=C/c1cccc(Cl)c1Cl. The zero-order valence-electron chi connectivity index (χ0n) is 10.2. The van der Waals surface area contributed by atoms with Gasteiger partial charge in [-0.25, -0.2) is 0 Å². The second-order valence-electron chi connectivity index (χ2n) is 3.84. The van der Waals surface area contributed by atoms with E-state index in [1.165, 1.54) is 6.08 Å². The molecule has 0 aromatic heterocycles. The molecule has 0 fully saturated rings. The summed E-state index contributed by atoms with van der Waals surface area (Å²) in [5, 5.41) is 3.66. The first-order chi connectivity index (χ1) is 8.54. The maximum atomic E-state index is 11.6. The van der Waals surface area contributed by atoms with Crippen molar-refractivity contribution in [2.75, 3.05) is 13.7 Å². The van der Waals surface area contributed by atoms with Crippen LogP contribution >= 0.6 is 23.2 Å². The maximum Gasteiger partial charge on any atom is 0.244 e. The number of ether oxygens (including phenoxy) is 1. The molecule has 1 aromatic rings. The molecular weight excluding hydrogens is 273 g/mol. The number of hydrogen-bond donors (Lipinski definition) is 1. The van der Waals surface area contributed by atoms with Gasteiger partial charge in [-0.15, -0.1) is 0 Å². The topological polar surface area (TPSA) is 38.3 Å². The molecule has 3 nitrogen and oxygen atoms in total. The monoisotopic (exact) mass is 287 g/mol. The number of rotatable bonds is 5. The third-order valence-corrected chi connectivity index (χ3v) is 3.03. The van der Waals surface area contributed by atoms with Gasteiger partial charge in [0.2, 0.25) is 5.91 Å². The average molecular weight is 288 g/mol. The van der Waals surface area contributed by atoms with Gasteiger partial charge in [-0.05, 0) is 24.6 Å². The standard InChI is InChI=1S/C13H15Cl2NO2/c1-9(8-18-2)16-12(17)7-6-10-4-3-5-11(14)13(10)15/h3-7,9H,8H2,1-2H3,(H,16,17)/b7-6+. The van der Waals surface area contributed by atoms with E-state index < -0.39 is 0 Å². The minimum absolute atomic E-state index is 0.0398. The highest BCUT2D eigenvalue weighted by Gasteiger charge is 2.05. The van der Waals surface area contributed by atoms with Gasteiger partial charge in [0.25, 0.3) is 0 Å². The van der Waals surface area contributed by atoms with Crippen LogP contribution in [0.2, 0.25) is 10.0 Å². The molecule has 1 atom stereocenters. The lowest BCUT2D eigenvalue weighted by Crippen LogP contribution is -2.34. The molecule has 18 heavy (non-hydrogen) atoms. The molecule has 0 aliphatic rings. The highest BCUT2D eigenvalue weighted by molar-refractivity contribution is 6.42. The molecule has 5 heteroatoms. The highest BCUT2D eigenvalue weighted by atomic mass is 35.5. The van der Waals surface area contributed by atoms with Crippen molar-refractivity contribution in [2.45, 2.75) is 13.0 Å². The number of methoxy groups -OCH3 is 1. The predicted molar refractivity (Wildman–Crippen MR) is 75.0 cm³/mol. The summed E-state index contributed by atoms with van der Waals surface area (Å²) < 4.78 is 4.92. The summed E-state index contributed by atoms with van der Waals surface area (Å²) in [5.74, 6) is -0.199. The van der Waals surface area contributed by atoms with Crippen molar-refractivity contribution >= 4 is 35.2 Å². The molecule has 0 aliphatic heterocycles. The maximum absolute atomic E-state index is 11.6. The van der Waals surface area contributed by atoms with Crippen molar-refractivity contribution in [1.82, 2.24) is 5.32 Å². The number of carbonyl (C=O) groups is 1. The summed E-state index contributed by atoms with van der Waals surface area (Å²) >= 11 is 11.9. The van der Waals surface area contributed by atoms with E-state index >= 15 is 0 Å². The summed E-state index contributed by atoms with van der Waals surface area (Å²) in [6, 6.07) is 5.22. The van der Waals surface area contributed by atoms with Crippen LogP contribution < -0.4 is 5.32 Å². The Balaban J connectivity index is 2.64. The van der Waals surface area contributed by atoms with Gasteiger partial charge in [0.1, 0.15) is 0 Å². The molecule has 1 N–H and O–H groups in total. The third kappa shape index (κ3) is 4.69. The fourth-order valence-corrected chi connectivity index (χ4v) is 1.77. The molecule has 0 aliphatic carbocycles. The van der Waals surface area contributed by atoms with Gasteiger partial charge < -0.3 is 10.1 Å². The summed E-state index contributed by atoms with van der Waals surface area (Å²) in [6.07, 6.45) is 3.05. The van der Waals surface area contributed by atoms with Crippen molar-refractivity contribution in [3.05, 3.63) is 39.9 Å². The molecule has 0 radical (unpaired) electrons. The molecule has 1 amide bonds. The van der Waals surface area contributed by atoms with E-state index in [4.69, 9.17) is 27.9 Å². The van der Waals surface area contributed by atoms with E-state index in [1.807, 2.05) is 6.92 Å². The van der Waals surface area contributed by atoms with Gasteiger partial charge in [-0.1, -0.05) is 35.3 Å². The lowest BCUT2D eigenvalue weighted by Gasteiger charge is -2.10. The Morgan fingerprint density at radius 1 is 1.50 bits per heavy atom. The van der Waals surface area contributed by atoms with Crippen LogP contribution in [0.15, 0.2) is 24.3 Å². The van der Waals surface area contributed by atoms with Crippen LogP contribution in [0.1, 0.15) is 12.5 Å². The Labute approximate surface area is 117 Å². The Bertz CT molecular complexity index is 447. The zero-order chi connectivity index (χ0) is 13.5. The van der Waals surface area contributed by atoms with Crippen LogP contribution in [0.4, 0.5) is 0 Å². The number of amides is 1. The first-order valence-corrected chi connectivity index (χ1v) is 6.21. The molecule has 98 valence electrons. The lowest BCUT2D eigenvalue weighted by atomic mass is 10.2. The van der Waals surface area contributed by atoms with Gasteiger partial charge >= 0.3 is 0 Å². The number of halogens is 2. The van der Waals surface area contributed by atoms with E-state index in [0.717, 1.165) is 0 Å². The van der Waals surface area contributed by atoms with Gasteiger partial charge in [0.05, 0.1) is 16.7 Å². The van der Waals surface area contributed by atoms with E-state index in [1.54, 1.807) is 31.4 Å². The van der Waals surface area contributed by atoms with Crippen molar-refractivity contribution in [3.63, 3.8) is 0 Å². The average Bonchev–Trinajstić information content (AvgIpc) is 2.31. The summed E-state index contributed by atoms with van der Waals surface area (Å²) in [7, 11) is 1.59. The Hall–Kier alpha value is -1.03. The number of carbonyl (C=O) groups excluding carboxylic acids is 1. The molecule has 1 unspecified atom stereocenters. The molecule has 0 saturated heterocycles. The summed E-state index contributed by atoms with van der Waals surface area (Å²) in [4.78, 5) is 11.6. The van der Waals surface area contributed by atoms with Crippen molar-refractivity contribution in [2.24, 2.45) is 0 Å². The summed E-state index contributed by atoms with van der Waals surface area (Å²) in [6.45, 7) is 2.33. The van der Waals surface area contributed by atoms with Crippen LogP contribution in [0.5, 0.6) is 0 Å². The number of hydrogen-bond acceptors (Lipinski definition) is 2. The van der Waals surface area contributed by atoms with Gasteiger partial charge in [0, 0.05) is 19.2 Å². The van der Waals surface area contributed by atoms with Crippen LogP contribution in [0.3, 0.4) is 0 Å². The Kier molecular flexibility index (Phi) is 6.19. The van der Waals surface area contributed by atoms with Crippen LogP contribution in [0, 0.1) is 0 Å². The normalized spacial score (nSPS) is 12.7. The van der Waals surface area contributed by atoms with E-state index in [-0.39, 0.29) is 11.9 Å². The molecule has 0 saturated carbocycles. The van der Waals surface area contributed by atoms with E-state index in [9.17, 15) is 4.79 Å². The number of benzene rings is 1. The van der Waals surface area contributed by atoms with Crippen LogP contribution in [-0.2, 0) is 9.53 Å². The number of nitrogens with one attached hydrogen (secondary N) is 1. The Morgan fingerprint density at radius 3 is 2.89 bits per heavy atom. The second-order valence-corrected chi connectivity index (χ2v) is 4.63. The zero-order valence-corrected chi connectivity index (χ0v) is 11.8. The van der Waals surface area contributed by atoms with Crippen molar-refractivity contribution < 1.29 is 9.53 Å². The fraction of sp³-hybridized carbons (Fsp3) is 0.308. The smallest absolute Gasteiger partial charge is 0.244 e. The van der Waals surface area contributed by atoms with Crippen molar-refractivity contribution in [1.29, 1.82) is 0 Å². The predicted octanol–water partition coefficient (Wildman–Crippen LogP) is 3.16. The Morgan fingerprint density at radius 2 is 2.22 bits per heavy atom. The second kappa shape index (κ2) is 7.41. The van der Waals surface area contributed by atoms with Crippen molar-refractivity contribution in [3.8, 4) is 0 Å². The minimum Gasteiger partial charge on any atom is -0.383 e. The highest BCUT2D eigenvalue weighted by Crippen LogP contribution is 2.26. The van der Waals surface area contributed by atoms with Gasteiger partial charge in [0.15, 0.2) is 0 Å². The molecule has 0 bridgehead atoms. The van der Waals surface area contributed by atoms with E-state index in [2.05, 4.69) is 5.32 Å². The molecule has 0 heterocycles. The molecule has 1 aromatic carbocycles. The first kappa shape index (κ1) is 15.0. The van der Waals surface area contributed by atoms with Crippen LogP contribution in [0.25, 0.3) is 6.08 Å². The lowest BCUT2D eigenvalue weighted by molar-refractivity contribution is -0.117. The van der Waals surface area contributed by atoms with Gasteiger partial charge in [-0.3, -0.25) is 4.79 Å². The summed E-state index contributed by atoms with van der Waals surface area (Å²) in [5.41, 5.74) is 0.707. The van der Waals surface area contributed by atoms with E-state index in [0.29, 0.717) is 22.2 Å². The first-order valence-electron chi connectivity index (χ1n) is 5.46. The largest absolute Gasteiger partial charge is 0.383 e. The molecular formula is C13H15Cl2NO2. The quantitative estimate of drug-likeness (QED) is 0.845. The molecule has 0 spiro atoms. The van der Waals surface area contributed by atoms with Crippen LogP contribution in [-0.4, -0.2) is 25.7 Å².